The summed E-state index contributed by atoms with van der Waals surface area (Å²) >= 11 is 0. The molecule has 1 atom stereocenters. The van der Waals surface area contributed by atoms with E-state index in [9.17, 15) is 5.11 Å². The van der Waals surface area contributed by atoms with Crippen molar-refractivity contribution in [3.63, 3.8) is 0 Å². The number of hydrogen-bond acceptors (Lipinski definition) is 3. The molecule has 0 radical (unpaired) electrons. The number of likely N-dealkylation sites (N-methyl/N-ethyl adjacent to an activating group) is 1. The molecule has 0 heterocycles. The van der Waals surface area contributed by atoms with Gasteiger partial charge in [-0.1, -0.05) is 43.3 Å². The molecule has 2 aromatic rings. The maximum atomic E-state index is 10.3. The van der Waals surface area contributed by atoms with Crippen LogP contribution in [0, 0.1) is 0 Å². The maximum absolute atomic E-state index is 10.3. The van der Waals surface area contributed by atoms with E-state index in [0.29, 0.717) is 12.2 Å². The molecule has 3 N–H and O–H groups in total. The van der Waals surface area contributed by atoms with Crippen molar-refractivity contribution in [3.05, 3.63) is 65.2 Å². The first kappa shape index (κ1) is 15.5. The third-order valence-electron chi connectivity index (χ3n) is 3.66. The Morgan fingerprint density at radius 2 is 1.76 bits per heavy atom. The van der Waals surface area contributed by atoms with Gasteiger partial charge in [-0.2, -0.15) is 0 Å². The zero-order valence-corrected chi connectivity index (χ0v) is 12.8. The predicted molar refractivity (Wildman–Crippen MR) is 88.0 cm³/mol. The lowest BCUT2D eigenvalue weighted by atomic mass is 10.1. The van der Waals surface area contributed by atoms with Gasteiger partial charge in [0.05, 0.1) is 6.10 Å². The molecule has 3 heteroatoms. The number of benzene rings is 2. The van der Waals surface area contributed by atoms with E-state index in [2.05, 4.69) is 36.1 Å². The van der Waals surface area contributed by atoms with Crippen LogP contribution >= 0.6 is 0 Å². The molecular formula is C18H24N2O. The molecule has 0 aliphatic rings. The molecule has 1 unspecified atom stereocenters. The summed E-state index contributed by atoms with van der Waals surface area (Å²) in [5.41, 5.74) is 9.91. The Labute approximate surface area is 127 Å². The van der Waals surface area contributed by atoms with Gasteiger partial charge in [-0.05, 0) is 42.3 Å². The number of nitrogens with two attached hydrogens (primary N) is 1. The second kappa shape index (κ2) is 7.25. The Hall–Kier alpha value is -1.84. The van der Waals surface area contributed by atoms with E-state index in [1.165, 1.54) is 11.1 Å². The number of nitrogens with zero attached hydrogens (tertiary/aromatic N) is 1. The number of rotatable bonds is 6. The van der Waals surface area contributed by atoms with E-state index in [4.69, 9.17) is 5.73 Å². The fourth-order valence-electron chi connectivity index (χ4n) is 2.42. The van der Waals surface area contributed by atoms with E-state index < -0.39 is 6.10 Å². The Morgan fingerprint density at radius 3 is 2.38 bits per heavy atom. The zero-order valence-electron chi connectivity index (χ0n) is 12.8. The molecule has 0 spiro atoms. The molecule has 0 amide bonds. The van der Waals surface area contributed by atoms with Gasteiger partial charge >= 0.3 is 0 Å². The van der Waals surface area contributed by atoms with Gasteiger partial charge in [0.1, 0.15) is 0 Å². The number of aryl methyl sites for hydroxylation is 1. The van der Waals surface area contributed by atoms with Crippen molar-refractivity contribution in [2.24, 2.45) is 0 Å². The smallest absolute Gasteiger partial charge is 0.0917 e. The van der Waals surface area contributed by atoms with Gasteiger partial charge in [0, 0.05) is 18.8 Å². The highest BCUT2D eigenvalue weighted by Gasteiger charge is 2.11. The van der Waals surface area contributed by atoms with Crippen LogP contribution in [0.3, 0.4) is 0 Å². The van der Waals surface area contributed by atoms with Gasteiger partial charge in [-0.3, -0.25) is 4.90 Å². The average molecular weight is 284 g/mol. The zero-order chi connectivity index (χ0) is 15.2. The Kier molecular flexibility index (Phi) is 5.37. The molecule has 0 aliphatic heterocycles. The second-order valence-electron chi connectivity index (χ2n) is 5.55. The molecule has 0 aliphatic carbocycles. The van der Waals surface area contributed by atoms with Gasteiger partial charge in [-0.25, -0.2) is 0 Å². The number of anilines is 1. The fraction of sp³-hybridized carbons (Fsp3) is 0.333. The number of aliphatic hydroxyl groups excluding tert-OH is 1. The van der Waals surface area contributed by atoms with Crippen LogP contribution in [-0.2, 0) is 13.0 Å². The Bertz CT molecular complexity index is 566. The van der Waals surface area contributed by atoms with Gasteiger partial charge in [0.25, 0.3) is 0 Å². The van der Waals surface area contributed by atoms with E-state index in [1.54, 1.807) is 0 Å². The quantitative estimate of drug-likeness (QED) is 0.802. The summed E-state index contributed by atoms with van der Waals surface area (Å²) in [4.78, 5) is 2.12. The van der Waals surface area contributed by atoms with Crippen LogP contribution in [0.25, 0.3) is 0 Å². The fourth-order valence-corrected chi connectivity index (χ4v) is 2.42. The molecule has 112 valence electrons. The SMILES string of the molecule is CCc1ccc(CN(C)CC(O)c2cccc(N)c2)cc1. The molecular weight excluding hydrogens is 260 g/mol. The Morgan fingerprint density at radius 1 is 1.10 bits per heavy atom. The monoisotopic (exact) mass is 284 g/mol. The topological polar surface area (TPSA) is 49.5 Å². The van der Waals surface area contributed by atoms with Crippen LogP contribution in [0.5, 0.6) is 0 Å². The molecule has 0 saturated carbocycles. The number of nitrogen functional groups attached to an aromatic ring is 1. The Balaban J connectivity index is 1.92. The molecule has 3 nitrogen and oxygen atoms in total. The van der Waals surface area contributed by atoms with Crippen molar-refractivity contribution in [1.29, 1.82) is 0 Å². The van der Waals surface area contributed by atoms with Crippen LogP contribution in [0.2, 0.25) is 0 Å². The van der Waals surface area contributed by atoms with Crippen LogP contribution in [0.4, 0.5) is 5.69 Å². The first-order valence-corrected chi connectivity index (χ1v) is 7.38. The molecule has 0 bridgehead atoms. The number of aliphatic hydroxyl groups is 1. The normalized spacial score (nSPS) is 12.6. The van der Waals surface area contributed by atoms with Crippen molar-refractivity contribution in [1.82, 2.24) is 4.90 Å². The highest BCUT2D eigenvalue weighted by Crippen LogP contribution is 2.17. The lowest BCUT2D eigenvalue weighted by Gasteiger charge is -2.21. The summed E-state index contributed by atoms with van der Waals surface area (Å²) < 4.78 is 0. The highest BCUT2D eigenvalue weighted by molar-refractivity contribution is 5.41. The first-order valence-electron chi connectivity index (χ1n) is 7.38. The summed E-state index contributed by atoms with van der Waals surface area (Å²) in [6.07, 6.45) is 0.540. The minimum absolute atomic E-state index is 0.520. The van der Waals surface area contributed by atoms with Crippen molar-refractivity contribution >= 4 is 5.69 Å². The third-order valence-corrected chi connectivity index (χ3v) is 3.66. The predicted octanol–water partition coefficient (Wildman–Crippen LogP) is 3.00. The third kappa shape index (κ3) is 4.59. The van der Waals surface area contributed by atoms with E-state index in [1.807, 2.05) is 31.3 Å². The molecule has 2 rings (SSSR count). The lowest BCUT2D eigenvalue weighted by Crippen LogP contribution is -2.24. The summed E-state index contributed by atoms with van der Waals surface area (Å²) in [6, 6.07) is 16.1. The standard InChI is InChI=1S/C18H24N2O/c1-3-14-7-9-15(10-8-14)12-20(2)13-18(21)16-5-4-6-17(19)11-16/h4-11,18,21H,3,12-13,19H2,1-2H3. The minimum Gasteiger partial charge on any atom is -0.399 e. The average Bonchev–Trinajstić information content (AvgIpc) is 2.48. The van der Waals surface area contributed by atoms with Crippen LogP contribution in [0.15, 0.2) is 48.5 Å². The van der Waals surface area contributed by atoms with Gasteiger partial charge in [-0.15, -0.1) is 0 Å². The van der Waals surface area contributed by atoms with Crippen molar-refractivity contribution in [2.45, 2.75) is 26.0 Å². The van der Waals surface area contributed by atoms with E-state index >= 15 is 0 Å². The summed E-state index contributed by atoms with van der Waals surface area (Å²) in [7, 11) is 2.02. The molecule has 0 saturated heterocycles. The molecule has 2 aromatic carbocycles. The maximum Gasteiger partial charge on any atom is 0.0917 e. The largest absolute Gasteiger partial charge is 0.399 e. The van der Waals surface area contributed by atoms with E-state index in [0.717, 1.165) is 18.5 Å². The number of hydrogen-bond donors (Lipinski definition) is 2. The lowest BCUT2D eigenvalue weighted by molar-refractivity contribution is 0.124. The van der Waals surface area contributed by atoms with Gasteiger partial charge < -0.3 is 10.8 Å². The second-order valence-corrected chi connectivity index (χ2v) is 5.55. The summed E-state index contributed by atoms with van der Waals surface area (Å²) in [5.74, 6) is 0. The first-order chi connectivity index (χ1) is 10.1. The van der Waals surface area contributed by atoms with Crippen LogP contribution in [-0.4, -0.2) is 23.6 Å². The van der Waals surface area contributed by atoms with E-state index in [-0.39, 0.29) is 0 Å². The van der Waals surface area contributed by atoms with Crippen LogP contribution in [0.1, 0.15) is 29.7 Å². The van der Waals surface area contributed by atoms with Crippen molar-refractivity contribution in [3.8, 4) is 0 Å². The molecule has 0 fully saturated rings. The van der Waals surface area contributed by atoms with Gasteiger partial charge in [0.15, 0.2) is 0 Å². The van der Waals surface area contributed by atoms with Gasteiger partial charge in [0.2, 0.25) is 0 Å². The summed E-state index contributed by atoms with van der Waals surface area (Å²) in [5, 5.41) is 10.3. The summed E-state index contributed by atoms with van der Waals surface area (Å²) in [6.45, 7) is 3.56. The van der Waals surface area contributed by atoms with Crippen molar-refractivity contribution < 1.29 is 5.11 Å². The minimum atomic E-state index is -0.520. The molecule has 0 aromatic heterocycles. The molecule has 21 heavy (non-hydrogen) atoms. The highest BCUT2D eigenvalue weighted by atomic mass is 16.3. The van der Waals surface area contributed by atoms with Crippen molar-refractivity contribution in [2.75, 3.05) is 19.3 Å². The van der Waals surface area contributed by atoms with Crippen LogP contribution < -0.4 is 5.73 Å².